The summed E-state index contributed by atoms with van der Waals surface area (Å²) in [6, 6.07) is 5.37. The van der Waals surface area contributed by atoms with Crippen LogP contribution in [0.1, 0.15) is 31.9 Å². The molecular formula is C14H20N2O3. The third-order valence-electron chi connectivity index (χ3n) is 2.97. The second kappa shape index (κ2) is 5.93. The zero-order chi connectivity index (χ0) is 13.8. The number of nitrogens with one attached hydrogen (secondary N) is 2. The van der Waals surface area contributed by atoms with Gasteiger partial charge in [-0.1, -0.05) is 0 Å². The summed E-state index contributed by atoms with van der Waals surface area (Å²) in [4.78, 5) is 11.5. The lowest BCUT2D eigenvalue weighted by atomic mass is 10.1. The van der Waals surface area contributed by atoms with E-state index in [9.17, 15) is 9.90 Å². The summed E-state index contributed by atoms with van der Waals surface area (Å²) in [5.74, 6) is 0.965. The van der Waals surface area contributed by atoms with Crippen LogP contribution in [0, 0.1) is 0 Å². The van der Waals surface area contributed by atoms with Gasteiger partial charge in [0, 0.05) is 30.6 Å². The van der Waals surface area contributed by atoms with Gasteiger partial charge in [-0.05, 0) is 26.0 Å². The molecule has 19 heavy (non-hydrogen) atoms. The Kier molecular flexibility index (Phi) is 4.27. The van der Waals surface area contributed by atoms with E-state index in [1.165, 1.54) is 0 Å². The monoisotopic (exact) mass is 264 g/mol. The fourth-order valence-electron chi connectivity index (χ4n) is 2.12. The predicted octanol–water partition coefficient (Wildman–Crippen LogP) is 1.33. The number of hydrogen-bond donors (Lipinski definition) is 3. The number of aromatic hydroxyl groups is 1. The number of carbonyl (C=O) groups excluding carboxylic acids is 1. The Hall–Kier alpha value is -1.75. The van der Waals surface area contributed by atoms with Crippen LogP contribution in [-0.2, 0) is 4.79 Å². The fourth-order valence-corrected chi connectivity index (χ4v) is 2.12. The molecule has 5 heteroatoms. The normalized spacial score (nSPS) is 17.1. The number of phenols is 1. The molecule has 0 aliphatic carbocycles. The molecular weight excluding hydrogens is 244 g/mol. The van der Waals surface area contributed by atoms with Gasteiger partial charge < -0.3 is 20.5 Å². The highest BCUT2D eigenvalue weighted by atomic mass is 16.5. The van der Waals surface area contributed by atoms with E-state index in [0.29, 0.717) is 25.3 Å². The molecule has 0 spiro atoms. The molecule has 0 aromatic heterocycles. The Morgan fingerprint density at radius 3 is 3.05 bits per heavy atom. The summed E-state index contributed by atoms with van der Waals surface area (Å²) in [5.41, 5.74) is 1.03. The molecule has 1 heterocycles. The number of hydrogen-bond acceptors (Lipinski definition) is 4. The van der Waals surface area contributed by atoms with Gasteiger partial charge in [0.15, 0.2) is 0 Å². The summed E-state index contributed by atoms with van der Waals surface area (Å²) in [6.07, 6.45) is 0.447. The van der Waals surface area contributed by atoms with E-state index in [2.05, 4.69) is 10.6 Å². The highest BCUT2D eigenvalue weighted by molar-refractivity contribution is 5.76. The van der Waals surface area contributed by atoms with Gasteiger partial charge in [-0.15, -0.1) is 0 Å². The standard InChI is InChI=1S/C14H20N2O3/c1-9(2)16-14(18)5-6-15-12-8-19-13-7-10(17)3-4-11(12)13/h3-4,7,9,12,15,17H,5-6,8H2,1-2H3,(H,16,18). The molecule has 0 radical (unpaired) electrons. The average Bonchev–Trinajstić information content (AvgIpc) is 2.70. The number of phenolic OH excluding ortho intramolecular Hbond substituents is 1. The van der Waals surface area contributed by atoms with Crippen LogP contribution >= 0.6 is 0 Å². The first-order valence-corrected chi connectivity index (χ1v) is 6.54. The van der Waals surface area contributed by atoms with Gasteiger partial charge in [0.1, 0.15) is 18.1 Å². The zero-order valence-corrected chi connectivity index (χ0v) is 11.3. The number of carbonyl (C=O) groups is 1. The molecule has 0 bridgehead atoms. The highest BCUT2D eigenvalue weighted by Gasteiger charge is 2.23. The zero-order valence-electron chi connectivity index (χ0n) is 11.3. The Bertz CT molecular complexity index is 460. The summed E-state index contributed by atoms with van der Waals surface area (Å²) in [6.45, 7) is 5.02. The van der Waals surface area contributed by atoms with Crippen molar-refractivity contribution in [3.05, 3.63) is 23.8 Å². The van der Waals surface area contributed by atoms with Crippen molar-refractivity contribution in [1.82, 2.24) is 10.6 Å². The van der Waals surface area contributed by atoms with Crippen molar-refractivity contribution in [2.24, 2.45) is 0 Å². The van der Waals surface area contributed by atoms with E-state index in [1.54, 1.807) is 12.1 Å². The molecule has 1 amide bonds. The van der Waals surface area contributed by atoms with Crippen molar-refractivity contribution >= 4 is 5.91 Å². The smallest absolute Gasteiger partial charge is 0.221 e. The van der Waals surface area contributed by atoms with Gasteiger partial charge in [-0.3, -0.25) is 4.79 Å². The predicted molar refractivity (Wildman–Crippen MR) is 72.2 cm³/mol. The molecule has 3 N–H and O–H groups in total. The van der Waals surface area contributed by atoms with Crippen molar-refractivity contribution in [1.29, 1.82) is 0 Å². The molecule has 0 fully saturated rings. The van der Waals surface area contributed by atoms with Gasteiger partial charge >= 0.3 is 0 Å². The third-order valence-corrected chi connectivity index (χ3v) is 2.97. The SMILES string of the molecule is CC(C)NC(=O)CCNC1COc2cc(O)ccc21. The Morgan fingerprint density at radius 1 is 1.53 bits per heavy atom. The maximum absolute atomic E-state index is 11.5. The van der Waals surface area contributed by atoms with E-state index in [-0.39, 0.29) is 23.7 Å². The van der Waals surface area contributed by atoms with Crippen molar-refractivity contribution < 1.29 is 14.6 Å². The minimum Gasteiger partial charge on any atom is -0.508 e. The molecule has 0 saturated heterocycles. The van der Waals surface area contributed by atoms with Crippen LogP contribution in [0.4, 0.5) is 0 Å². The Morgan fingerprint density at radius 2 is 2.32 bits per heavy atom. The van der Waals surface area contributed by atoms with Gasteiger partial charge in [-0.25, -0.2) is 0 Å². The molecule has 1 aromatic carbocycles. The fraction of sp³-hybridized carbons (Fsp3) is 0.500. The number of amides is 1. The van der Waals surface area contributed by atoms with E-state index < -0.39 is 0 Å². The minimum absolute atomic E-state index is 0.0485. The Balaban J connectivity index is 1.82. The van der Waals surface area contributed by atoms with Crippen molar-refractivity contribution in [3.8, 4) is 11.5 Å². The largest absolute Gasteiger partial charge is 0.508 e. The van der Waals surface area contributed by atoms with Crippen LogP contribution in [0.5, 0.6) is 11.5 Å². The third kappa shape index (κ3) is 3.61. The lowest BCUT2D eigenvalue weighted by molar-refractivity contribution is -0.121. The van der Waals surface area contributed by atoms with Gasteiger partial charge in [0.05, 0.1) is 6.04 Å². The van der Waals surface area contributed by atoms with E-state index in [4.69, 9.17) is 4.74 Å². The van der Waals surface area contributed by atoms with Crippen LogP contribution in [0.25, 0.3) is 0 Å². The van der Waals surface area contributed by atoms with Crippen molar-refractivity contribution in [2.45, 2.75) is 32.4 Å². The van der Waals surface area contributed by atoms with E-state index in [1.807, 2.05) is 19.9 Å². The molecule has 1 aliphatic rings. The first kappa shape index (κ1) is 13.7. The first-order valence-electron chi connectivity index (χ1n) is 6.54. The van der Waals surface area contributed by atoms with Crippen LogP contribution < -0.4 is 15.4 Å². The summed E-state index contributed by atoms with van der Waals surface area (Å²) < 4.78 is 5.49. The molecule has 1 aliphatic heterocycles. The maximum atomic E-state index is 11.5. The molecule has 104 valence electrons. The number of ether oxygens (including phenoxy) is 1. The Labute approximate surface area is 113 Å². The number of rotatable bonds is 5. The van der Waals surface area contributed by atoms with Crippen molar-refractivity contribution in [2.75, 3.05) is 13.2 Å². The molecule has 0 saturated carbocycles. The van der Waals surface area contributed by atoms with E-state index in [0.717, 1.165) is 5.56 Å². The number of fused-ring (bicyclic) bond motifs is 1. The lowest BCUT2D eigenvalue weighted by Crippen LogP contribution is -2.33. The quantitative estimate of drug-likeness (QED) is 0.750. The van der Waals surface area contributed by atoms with Gasteiger partial charge in [0.2, 0.25) is 5.91 Å². The molecule has 1 atom stereocenters. The van der Waals surface area contributed by atoms with Crippen molar-refractivity contribution in [3.63, 3.8) is 0 Å². The first-order chi connectivity index (χ1) is 9.06. The second-order valence-corrected chi connectivity index (χ2v) is 5.01. The highest BCUT2D eigenvalue weighted by Crippen LogP contribution is 2.34. The molecule has 1 unspecified atom stereocenters. The lowest BCUT2D eigenvalue weighted by Gasteiger charge is -2.12. The summed E-state index contributed by atoms with van der Waals surface area (Å²) >= 11 is 0. The van der Waals surface area contributed by atoms with Gasteiger partial charge in [0.25, 0.3) is 0 Å². The summed E-state index contributed by atoms with van der Waals surface area (Å²) in [5, 5.41) is 15.5. The minimum atomic E-state index is 0.0485. The molecule has 2 rings (SSSR count). The average molecular weight is 264 g/mol. The summed E-state index contributed by atoms with van der Waals surface area (Å²) in [7, 11) is 0. The van der Waals surface area contributed by atoms with Crippen LogP contribution in [0.2, 0.25) is 0 Å². The van der Waals surface area contributed by atoms with Crippen LogP contribution in [0.15, 0.2) is 18.2 Å². The van der Waals surface area contributed by atoms with Crippen LogP contribution in [0.3, 0.4) is 0 Å². The van der Waals surface area contributed by atoms with Crippen LogP contribution in [-0.4, -0.2) is 30.2 Å². The topological polar surface area (TPSA) is 70.6 Å². The second-order valence-electron chi connectivity index (χ2n) is 5.01. The molecule has 5 nitrogen and oxygen atoms in total. The molecule has 1 aromatic rings. The number of benzene rings is 1. The maximum Gasteiger partial charge on any atom is 0.221 e. The van der Waals surface area contributed by atoms with E-state index >= 15 is 0 Å². The van der Waals surface area contributed by atoms with Gasteiger partial charge in [-0.2, -0.15) is 0 Å².